The maximum absolute atomic E-state index is 13.4. The summed E-state index contributed by atoms with van der Waals surface area (Å²) in [5.41, 5.74) is 5.23. The second-order valence-corrected chi connectivity index (χ2v) is 9.10. The van der Waals surface area contributed by atoms with Crippen molar-refractivity contribution >= 4 is 23.3 Å². The molecule has 1 aliphatic carbocycles. The molecule has 3 aromatic rings. The molecule has 2 aromatic carbocycles. The van der Waals surface area contributed by atoms with E-state index in [4.69, 9.17) is 10.5 Å². The molecule has 33 heavy (non-hydrogen) atoms. The molecule has 4 rings (SSSR count). The molecule has 3 amide bonds. The molecule has 1 unspecified atom stereocenters. The van der Waals surface area contributed by atoms with Crippen LogP contribution < -0.4 is 21.1 Å². The average Bonchev–Trinajstić information content (AvgIpc) is 3.49. The SMILES string of the molecule is CC(Cc1nc(-c2ccc(F)cc2)c(Oc2ccc(F)cc2)s1)(NC(=O)NC1CC1)C(N)=O. The Balaban J connectivity index is 1.63. The molecule has 7 nitrogen and oxygen atoms in total. The van der Waals surface area contributed by atoms with E-state index >= 15 is 0 Å². The standard InChI is InChI=1S/C23H22F2N4O3S/c1-23(21(26)30,29-22(31)27-16-8-9-16)12-18-28-19(13-2-4-14(24)5-3-13)20(33-18)32-17-10-6-15(25)7-11-17/h2-7,10-11,16H,8-9,12H2,1H3,(H2,26,30)(H2,27,29,31). The monoisotopic (exact) mass is 472 g/mol. The van der Waals surface area contributed by atoms with Crippen LogP contribution in [0.3, 0.4) is 0 Å². The van der Waals surface area contributed by atoms with Crippen molar-refractivity contribution in [2.45, 2.75) is 37.8 Å². The lowest BCUT2D eigenvalue weighted by Crippen LogP contribution is -2.59. The summed E-state index contributed by atoms with van der Waals surface area (Å²) in [6.45, 7) is 1.53. The second-order valence-electron chi connectivity index (χ2n) is 8.05. The lowest BCUT2D eigenvalue weighted by molar-refractivity contribution is -0.123. The molecule has 1 atom stereocenters. The number of urea groups is 1. The Morgan fingerprint density at radius 2 is 1.73 bits per heavy atom. The number of amides is 3. The highest BCUT2D eigenvalue weighted by Gasteiger charge is 2.36. The number of aromatic nitrogens is 1. The summed E-state index contributed by atoms with van der Waals surface area (Å²) in [7, 11) is 0. The molecule has 0 saturated heterocycles. The summed E-state index contributed by atoms with van der Waals surface area (Å²) in [6.07, 6.45) is 1.82. The minimum absolute atomic E-state index is 0.0199. The summed E-state index contributed by atoms with van der Waals surface area (Å²) in [4.78, 5) is 29.1. The fourth-order valence-electron chi connectivity index (χ4n) is 3.09. The van der Waals surface area contributed by atoms with Crippen LogP contribution >= 0.6 is 11.3 Å². The maximum atomic E-state index is 13.4. The van der Waals surface area contributed by atoms with Gasteiger partial charge in [-0.25, -0.2) is 18.6 Å². The van der Waals surface area contributed by atoms with Gasteiger partial charge < -0.3 is 21.1 Å². The topological polar surface area (TPSA) is 106 Å². The predicted octanol–water partition coefficient (Wildman–Crippen LogP) is 4.13. The highest BCUT2D eigenvalue weighted by atomic mass is 32.1. The molecule has 1 aliphatic rings. The number of ether oxygens (including phenoxy) is 1. The van der Waals surface area contributed by atoms with Crippen LogP contribution in [0.25, 0.3) is 11.3 Å². The van der Waals surface area contributed by atoms with Crippen molar-refractivity contribution in [2.75, 3.05) is 0 Å². The van der Waals surface area contributed by atoms with Gasteiger partial charge in [0.25, 0.3) is 0 Å². The number of hydrogen-bond acceptors (Lipinski definition) is 5. The number of primary amides is 1. The smallest absolute Gasteiger partial charge is 0.315 e. The van der Waals surface area contributed by atoms with Crippen LogP contribution in [-0.4, -0.2) is 28.5 Å². The molecule has 172 valence electrons. The second kappa shape index (κ2) is 9.14. The number of benzene rings is 2. The van der Waals surface area contributed by atoms with Gasteiger partial charge in [0.05, 0.1) is 5.01 Å². The molecule has 0 radical (unpaired) electrons. The predicted molar refractivity (Wildman–Crippen MR) is 120 cm³/mol. The fourth-order valence-corrected chi connectivity index (χ4v) is 4.20. The van der Waals surface area contributed by atoms with Gasteiger partial charge in [-0.15, -0.1) is 0 Å². The third-order valence-electron chi connectivity index (χ3n) is 5.13. The van der Waals surface area contributed by atoms with Gasteiger partial charge in [0, 0.05) is 18.0 Å². The largest absolute Gasteiger partial charge is 0.444 e. The molecule has 0 bridgehead atoms. The minimum atomic E-state index is -1.40. The quantitative estimate of drug-likeness (QED) is 0.458. The van der Waals surface area contributed by atoms with Gasteiger partial charge in [-0.05, 0) is 68.3 Å². The van der Waals surface area contributed by atoms with Crippen LogP contribution in [0.4, 0.5) is 13.6 Å². The van der Waals surface area contributed by atoms with Crippen molar-refractivity contribution in [3.63, 3.8) is 0 Å². The number of nitrogens with two attached hydrogens (primary N) is 1. The van der Waals surface area contributed by atoms with Crippen LogP contribution in [-0.2, 0) is 11.2 Å². The van der Waals surface area contributed by atoms with Crippen molar-refractivity contribution in [2.24, 2.45) is 5.73 Å². The van der Waals surface area contributed by atoms with E-state index in [1.54, 1.807) is 12.1 Å². The zero-order valence-corrected chi connectivity index (χ0v) is 18.5. The molecular formula is C23H22F2N4O3S. The van der Waals surface area contributed by atoms with Gasteiger partial charge >= 0.3 is 6.03 Å². The Morgan fingerprint density at radius 1 is 1.12 bits per heavy atom. The Bertz CT molecular complexity index is 1160. The first kappa shape index (κ1) is 22.7. The number of nitrogens with zero attached hydrogens (tertiary/aromatic N) is 1. The van der Waals surface area contributed by atoms with Crippen molar-refractivity contribution in [3.05, 3.63) is 65.2 Å². The summed E-state index contributed by atoms with van der Waals surface area (Å²) < 4.78 is 32.6. The number of hydrogen-bond donors (Lipinski definition) is 3. The highest BCUT2D eigenvalue weighted by Crippen LogP contribution is 2.39. The summed E-state index contributed by atoms with van der Waals surface area (Å²) in [5.74, 6) is -1.14. The van der Waals surface area contributed by atoms with Gasteiger partial charge in [-0.2, -0.15) is 0 Å². The Kier molecular flexibility index (Phi) is 6.28. The number of halogens is 2. The van der Waals surface area contributed by atoms with Crippen LogP contribution in [0.2, 0.25) is 0 Å². The van der Waals surface area contributed by atoms with Gasteiger partial charge in [-0.3, -0.25) is 4.79 Å². The highest BCUT2D eigenvalue weighted by molar-refractivity contribution is 7.14. The summed E-state index contributed by atoms with van der Waals surface area (Å²) >= 11 is 1.15. The summed E-state index contributed by atoms with van der Waals surface area (Å²) in [5, 5.41) is 6.27. The first-order valence-corrected chi connectivity index (χ1v) is 11.1. The number of carbonyl (C=O) groups is 2. The molecule has 10 heteroatoms. The van der Waals surface area contributed by atoms with E-state index in [0.29, 0.717) is 27.1 Å². The number of carbonyl (C=O) groups excluding carboxylic acids is 2. The van der Waals surface area contributed by atoms with Crippen molar-refractivity contribution in [1.29, 1.82) is 0 Å². The van der Waals surface area contributed by atoms with E-state index < -0.39 is 29.1 Å². The summed E-state index contributed by atoms with van der Waals surface area (Å²) in [6, 6.07) is 10.8. The molecule has 1 fully saturated rings. The van der Waals surface area contributed by atoms with Crippen LogP contribution in [0.1, 0.15) is 24.8 Å². The van der Waals surface area contributed by atoms with Crippen LogP contribution in [0, 0.1) is 11.6 Å². The zero-order valence-electron chi connectivity index (χ0n) is 17.7. The van der Waals surface area contributed by atoms with Crippen LogP contribution in [0.15, 0.2) is 48.5 Å². The van der Waals surface area contributed by atoms with E-state index in [2.05, 4.69) is 15.6 Å². The fraction of sp³-hybridized carbons (Fsp3) is 0.261. The van der Waals surface area contributed by atoms with Crippen molar-refractivity contribution in [3.8, 4) is 22.1 Å². The minimum Gasteiger partial charge on any atom is -0.444 e. The lowest BCUT2D eigenvalue weighted by atomic mass is 9.97. The molecule has 0 spiro atoms. The van der Waals surface area contributed by atoms with Crippen molar-refractivity contribution < 1.29 is 23.1 Å². The van der Waals surface area contributed by atoms with E-state index in [1.807, 2.05) is 0 Å². The van der Waals surface area contributed by atoms with E-state index in [9.17, 15) is 18.4 Å². The maximum Gasteiger partial charge on any atom is 0.315 e. The number of thiazole rings is 1. The first-order chi connectivity index (χ1) is 15.7. The molecular weight excluding hydrogens is 450 g/mol. The van der Waals surface area contributed by atoms with Gasteiger partial charge in [0.15, 0.2) is 0 Å². The molecule has 4 N–H and O–H groups in total. The normalized spacial score (nSPS) is 14.9. The molecule has 1 aromatic heterocycles. The average molecular weight is 473 g/mol. The first-order valence-electron chi connectivity index (χ1n) is 10.3. The number of nitrogens with one attached hydrogen (secondary N) is 2. The molecule has 1 heterocycles. The Morgan fingerprint density at radius 3 is 2.30 bits per heavy atom. The zero-order chi connectivity index (χ0) is 23.6. The number of rotatable bonds is 8. The van der Waals surface area contributed by atoms with Gasteiger partial charge in [0.1, 0.15) is 28.6 Å². The van der Waals surface area contributed by atoms with E-state index in [0.717, 1.165) is 24.2 Å². The Labute approximate surface area is 193 Å². The van der Waals surface area contributed by atoms with Crippen LogP contribution in [0.5, 0.6) is 10.8 Å². The van der Waals surface area contributed by atoms with E-state index in [-0.39, 0.29) is 12.5 Å². The lowest BCUT2D eigenvalue weighted by Gasteiger charge is -2.26. The van der Waals surface area contributed by atoms with Gasteiger partial charge in [0.2, 0.25) is 11.0 Å². The third kappa shape index (κ3) is 5.64. The van der Waals surface area contributed by atoms with Crippen molar-refractivity contribution in [1.82, 2.24) is 15.6 Å². The van der Waals surface area contributed by atoms with Gasteiger partial charge in [-0.1, -0.05) is 11.3 Å². The third-order valence-corrected chi connectivity index (χ3v) is 6.07. The Hall–Kier alpha value is -3.53. The van der Waals surface area contributed by atoms with E-state index in [1.165, 1.54) is 43.3 Å². The molecule has 1 saturated carbocycles. The molecule has 0 aliphatic heterocycles.